The van der Waals surface area contributed by atoms with Crippen LogP contribution in [0, 0.1) is 6.92 Å². The molecule has 0 aliphatic carbocycles. The number of fused-ring (bicyclic) bond motifs is 2. The van der Waals surface area contributed by atoms with E-state index in [9.17, 15) is 4.79 Å². The SMILES string of the molecule is CCOc1ccc(NC(=O)c2sc3ncnc(N4CCc5ccccc5C4)c3c2C)cc1. The summed E-state index contributed by atoms with van der Waals surface area (Å²) in [5, 5.41) is 3.96. The number of carbonyl (C=O) groups excluding carboxylic acids is 1. The second-order valence-electron chi connectivity index (χ2n) is 7.79. The van der Waals surface area contributed by atoms with Crippen molar-refractivity contribution < 1.29 is 9.53 Å². The molecule has 7 heteroatoms. The van der Waals surface area contributed by atoms with E-state index in [-0.39, 0.29) is 5.91 Å². The minimum atomic E-state index is -0.135. The quantitative estimate of drug-likeness (QED) is 0.457. The van der Waals surface area contributed by atoms with Crippen LogP contribution in [0.15, 0.2) is 54.9 Å². The summed E-state index contributed by atoms with van der Waals surface area (Å²) in [6, 6.07) is 16.0. The van der Waals surface area contributed by atoms with Gasteiger partial charge in [0.05, 0.1) is 16.9 Å². The van der Waals surface area contributed by atoms with Gasteiger partial charge in [0, 0.05) is 18.8 Å². The third-order valence-corrected chi connectivity index (χ3v) is 6.97. The number of anilines is 2. The lowest BCUT2D eigenvalue weighted by molar-refractivity contribution is 0.103. The highest BCUT2D eigenvalue weighted by Crippen LogP contribution is 2.36. The van der Waals surface area contributed by atoms with Crippen molar-refractivity contribution >= 4 is 39.0 Å². The van der Waals surface area contributed by atoms with Crippen LogP contribution in [0.2, 0.25) is 0 Å². The summed E-state index contributed by atoms with van der Waals surface area (Å²) in [6.45, 7) is 6.24. The zero-order valence-corrected chi connectivity index (χ0v) is 18.9. The molecule has 5 rings (SSSR count). The summed E-state index contributed by atoms with van der Waals surface area (Å²) in [7, 11) is 0. The fraction of sp³-hybridized carbons (Fsp3) is 0.240. The summed E-state index contributed by atoms with van der Waals surface area (Å²) in [5.41, 5.74) is 4.37. The molecule has 2 aromatic heterocycles. The molecule has 162 valence electrons. The fourth-order valence-corrected chi connectivity index (χ4v) is 5.21. The molecule has 1 N–H and O–H groups in total. The molecular weight excluding hydrogens is 420 g/mol. The first-order valence-electron chi connectivity index (χ1n) is 10.7. The van der Waals surface area contributed by atoms with Gasteiger partial charge in [0.15, 0.2) is 0 Å². The lowest BCUT2D eigenvalue weighted by atomic mass is 9.99. The zero-order chi connectivity index (χ0) is 22.1. The number of hydrogen-bond acceptors (Lipinski definition) is 6. The van der Waals surface area contributed by atoms with Crippen LogP contribution in [-0.4, -0.2) is 29.0 Å². The number of ether oxygens (including phenoxy) is 1. The van der Waals surface area contributed by atoms with Crippen LogP contribution in [0.4, 0.5) is 11.5 Å². The Bertz CT molecular complexity index is 1280. The molecule has 0 saturated heterocycles. The highest BCUT2D eigenvalue weighted by molar-refractivity contribution is 7.20. The zero-order valence-electron chi connectivity index (χ0n) is 18.1. The number of aromatic nitrogens is 2. The van der Waals surface area contributed by atoms with Crippen LogP contribution < -0.4 is 15.0 Å². The van der Waals surface area contributed by atoms with E-state index < -0.39 is 0 Å². The van der Waals surface area contributed by atoms with Gasteiger partial charge in [0.1, 0.15) is 22.7 Å². The van der Waals surface area contributed by atoms with E-state index in [2.05, 4.69) is 44.5 Å². The van der Waals surface area contributed by atoms with Crippen LogP contribution in [-0.2, 0) is 13.0 Å². The van der Waals surface area contributed by atoms with Crippen LogP contribution in [0.3, 0.4) is 0 Å². The van der Waals surface area contributed by atoms with Gasteiger partial charge >= 0.3 is 0 Å². The monoisotopic (exact) mass is 444 g/mol. The summed E-state index contributed by atoms with van der Waals surface area (Å²) in [6.07, 6.45) is 2.58. The Balaban J connectivity index is 1.43. The Morgan fingerprint density at radius 1 is 1.12 bits per heavy atom. The fourth-order valence-electron chi connectivity index (χ4n) is 4.17. The topological polar surface area (TPSA) is 67.3 Å². The molecule has 1 aliphatic rings. The van der Waals surface area contributed by atoms with E-state index >= 15 is 0 Å². The number of benzene rings is 2. The van der Waals surface area contributed by atoms with Gasteiger partial charge in [-0.15, -0.1) is 11.3 Å². The molecule has 0 fully saturated rings. The molecule has 1 aliphatic heterocycles. The predicted molar refractivity (Wildman–Crippen MR) is 129 cm³/mol. The van der Waals surface area contributed by atoms with Gasteiger partial charge in [-0.05, 0) is 61.2 Å². The predicted octanol–water partition coefficient (Wildman–Crippen LogP) is 5.21. The molecule has 0 saturated carbocycles. The molecule has 0 unspecified atom stereocenters. The Kier molecular flexibility index (Phi) is 5.49. The molecule has 0 atom stereocenters. The number of amides is 1. The average molecular weight is 445 g/mol. The molecule has 3 heterocycles. The van der Waals surface area contributed by atoms with Crippen molar-refractivity contribution in [2.24, 2.45) is 0 Å². The Morgan fingerprint density at radius 3 is 2.69 bits per heavy atom. The van der Waals surface area contributed by atoms with Gasteiger partial charge in [0.2, 0.25) is 0 Å². The minimum Gasteiger partial charge on any atom is -0.494 e. The average Bonchev–Trinajstić information content (AvgIpc) is 3.17. The van der Waals surface area contributed by atoms with E-state index in [1.807, 2.05) is 38.1 Å². The van der Waals surface area contributed by atoms with Gasteiger partial charge in [-0.1, -0.05) is 24.3 Å². The van der Waals surface area contributed by atoms with Gasteiger partial charge in [-0.25, -0.2) is 9.97 Å². The number of carbonyl (C=O) groups is 1. The molecule has 0 spiro atoms. The van der Waals surface area contributed by atoms with E-state index in [1.165, 1.54) is 22.5 Å². The third-order valence-electron chi connectivity index (χ3n) is 5.77. The second kappa shape index (κ2) is 8.59. The van der Waals surface area contributed by atoms with E-state index in [0.29, 0.717) is 11.5 Å². The van der Waals surface area contributed by atoms with Crippen molar-refractivity contribution in [2.45, 2.75) is 26.8 Å². The molecule has 4 aromatic rings. The maximum Gasteiger partial charge on any atom is 0.266 e. The van der Waals surface area contributed by atoms with Crippen molar-refractivity contribution in [1.82, 2.24) is 9.97 Å². The van der Waals surface area contributed by atoms with E-state index in [4.69, 9.17) is 4.74 Å². The van der Waals surface area contributed by atoms with Gasteiger partial charge in [-0.2, -0.15) is 0 Å². The normalized spacial score (nSPS) is 13.1. The third kappa shape index (κ3) is 3.80. The largest absolute Gasteiger partial charge is 0.494 e. The van der Waals surface area contributed by atoms with Crippen molar-refractivity contribution in [3.05, 3.63) is 76.4 Å². The standard InChI is InChI=1S/C25H24N4O2S/c1-3-31-20-10-8-19(9-11-20)28-24(30)22-16(2)21-23(26-15-27-25(21)32-22)29-13-12-17-6-4-5-7-18(17)14-29/h4-11,15H,3,12-14H2,1-2H3,(H,28,30). The summed E-state index contributed by atoms with van der Waals surface area (Å²) >= 11 is 1.41. The van der Waals surface area contributed by atoms with Crippen LogP contribution >= 0.6 is 11.3 Å². The Morgan fingerprint density at radius 2 is 1.91 bits per heavy atom. The van der Waals surface area contributed by atoms with Crippen LogP contribution in [0.1, 0.15) is 33.3 Å². The highest BCUT2D eigenvalue weighted by atomic mass is 32.1. The second-order valence-corrected chi connectivity index (χ2v) is 8.78. The Labute approximate surface area is 190 Å². The van der Waals surface area contributed by atoms with Crippen molar-refractivity contribution in [2.75, 3.05) is 23.4 Å². The molecule has 32 heavy (non-hydrogen) atoms. The van der Waals surface area contributed by atoms with Crippen molar-refractivity contribution in [3.8, 4) is 5.75 Å². The van der Waals surface area contributed by atoms with Crippen LogP contribution in [0.25, 0.3) is 10.2 Å². The van der Waals surface area contributed by atoms with Gasteiger partial charge < -0.3 is 15.0 Å². The van der Waals surface area contributed by atoms with E-state index in [1.54, 1.807) is 6.33 Å². The first-order chi connectivity index (χ1) is 15.6. The number of nitrogens with zero attached hydrogens (tertiary/aromatic N) is 3. The molecule has 2 aromatic carbocycles. The van der Waals surface area contributed by atoms with Crippen molar-refractivity contribution in [1.29, 1.82) is 0 Å². The number of nitrogens with one attached hydrogen (secondary N) is 1. The molecule has 1 amide bonds. The number of aryl methyl sites for hydroxylation is 1. The molecule has 0 radical (unpaired) electrons. The van der Waals surface area contributed by atoms with Gasteiger partial charge in [-0.3, -0.25) is 4.79 Å². The van der Waals surface area contributed by atoms with Gasteiger partial charge in [0.25, 0.3) is 5.91 Å². The van der Waals surface area contributed by atoms with Crippen molar-refractivity contribution in [3.63, 3.8) is 0 Å². The number of hydrogen-bond donors (Lipinski definition) is 1. The molecule has 0 bridgehead atoms. The minimum absolute atomic E-state index is 0.135. The molecule has 6 nitrogen and oxygen atoms in total. The molecular formula is C25H24N4O2S. The maximum atomic E-state index is 13.1. The summed E-state index contributed by atoms with van der Waals surface area (Å²) in [4.78, 5) is 26.0. The maximum absolute atomic E-state index is 13.1. The first kappa shape index (κ1) is 20.5. The smallest absolute Gasteiger partial charge is 0.266 e. The first-order valence-corrected chi connectivity index (χ1v) is 11.6. The van der Waals surface area contributed by atoms with Crippen LogP contribution in [0.5, 0.6) is 5.75 Å². The summed E-state index contributed by atoms with van der Waals surface area (Å²) in [5.74, 6) is 1.55. The highest BCUT2D eigenvalue weighted by Gasteiger charge is 2.24. The van der Waals surface area contributed by atoms with E-state index in [0.717, 1.165) is 52.5 Å². The lowest BCUT2D eigenvalue weighted by Crippen LogP contribution is -2.31. The number of rotatable bonds is 5. The number of thiophene rings is 1. The summed E-state index contributed by atoms with van der Waals surface area (Å²) < 4.78 is 5.47. The Hall–Kier alpha value is -3.45. The lowest BCUT2D eigenvalue weighted by Gasteiger charge is -2.30.